The largest absolute Gasteiger partial charge is 0.371 e. The van der Waals surface area contributed by atoms with E-state index in [1.165, 1.54) is 5.56 Å². The van der Waals surface area contributed by atoms with Gasteiger partial charge in [-0.2, -0.15) is 0 Å². The summed E-state index contributed by atoms with van der Waals surface area (Å²) in [6, 6.07) is 17.0. The molecule has 2 aliphatic rings. The lowest BCUT2D eigenvalue weighted by atomic mass is 9.97. The van der Waals surface area contributed by atoms with Gasteiger partial charge in [-0.3, -0.25) is 4.90 Å². The average molecular weight is 309 g/mol. The number of ether oxygens (including phenoxy) is 1. The Morgan fingerprint density at radius 2 is 2.04 bits per heavy atom. The van der Waals surface area contributed by atoms with Crippen molar-refractivity contribution in [1.82, 2.24) is 9.88 Å². The number of hydrogen-bond donors (Lipinski definition) is 1. The van der Waals surface area contributed by atoms with E-state index in [2.05, 4.69) is 45.5 Å². The van der Waals surface area contributed by atoms with Gasteiger partial charge in [-0.05, 0) is 24.1 Å². The maximum Gasteiger partial charge on any atom is 0.126 e. The van der Waals surface area contributed by atoms with Crippen LogP contribution in [0.2, 0.25) is 0 Å². The van der Waals surface area contributed by atoms with Gasteiger partial charge in [0, 0.05) is 32.3 Å². The first-order chi connectivity index (χ1) is 11.3. The Morgan fingerprint density at radius 1 is 1.17 bits per heavy atom. The summed E-state index contributed by atoms with van der Waals surface area (Å²) >= 11 is 0. The summed E-state index contributed by atoms with van der Waals surface area (Å²) in [4.78, 5) is 6.86. The van der Waals surface area contributed by atoms with Crippen LogP contribution < -0.4 is 5.32 Å². The molecule has 1 N–H and O–H groups in total. The average Bonchev–Trinajstić information content (AvgIpc) is 3.16. The van der Waals surface area contributed by atoms with Crippen molar-refractivity contribution < 1.29 is 4.74 Å². The highest BCUT2D eigenvalue weighted by molar-refractivity contribution is 5.35. The van der Waals surface area contributed by atoms with E-state index >= 15 is 0 Å². The normalized spacial score (nSPS) is 27.6. The van der Waals surface area contributed by atoms with Crippen LogP contribution in [0.1, 0.15) is 18.4 Å². The summed E-state index contributed by atoms with van der Waals surface area (Å²) in [7, 11) is 0. The van der Waals surface area contributed by atoms with E-state index in [9.17, 15) is 0 Å². The van der Waals surface area contributed by atoms with Gasteiger partial charge in [0.15, 0.2) is 0 Å². The number of hydrogen-bond acceptors (Lipinski definition) is 4. The second-order valence-electron chi connectivity index (χ2n) is 6.70. The molecule has 0 aliphatic carbocycles. The van der Waals surface area contributed by atoms with Gasteiger partial charge in [-0.25, -0.2) is 4.98 Å². The molecule has 2 aliphatic heterocycles. The molecule has 2 saturated heterocycles. The molecule has 23 heavy (non-hydrogen) atoms. The van der Waals surface area contributed by atoms with Gasteiger partial charge in [-0.15, -0.1) is 0 Å². The van der Waals surface area contributed by atoms with Crippen molar-refractivity contribution in [2.24, 2.45) is 0 Å². The third-order valence-electron chi connectivity index (χ3n) is 4.87. The number of anilines is 1. The lowest BCUT2D eigenvalue weighted by Gasteiger charge is -2.23. The number of likely N-dealkylation sites (tertiary alicyclic amines) is 1. The minimum absolute atomic E-state index is 0.0290. The summed E-state index contributed by atoms with van der Waals surface area (Å²) in [5.41, 5.74) is 1.41. The van der Waals surface area contributed by atoms with Crippen molar-refractivity contribution in [3.8, 4) is 0 Å². The SMILES string of the molecule is c1ccc(CN2CC[C@]3(C[C@H](Nc4ccccn4)CO3)C2)cc1. The third-order valence-corrected chi connectivity index (χ3v) is 4.87. The fourth-order valence-corrected chi connectivity index (χ4v) is 3.78. The lowest BCUT2D eigenvalue weighted by Crippen LogP contribution is -2.33. The van der Waals surface area contributed by atoms with Crippen LogP contribution in [-0.2, 0) is 11.3 Å². The monoisotopic (exact) mass is 309 g/mol. The van der Waals surface area contributed by atoms with Crippen molar-refractivity contribution in [3.63, 3.8) is 0 Å². The summed E-state index contributed by atoms with van der Waals surface area (Å²) in [5.74, 6) is 0.942. The van der Waals surface area contributed by atoms with E-state index in [1.807, 2.05) is 24.4 Å². The molecule has 1 spiro atoms. The highest BCUT2D eigenvalue weighted by atomic mass is 16.5. The van der Waals surface area contributed by atoms with Crippen LogP contribution in [0.3, 0.4) is 0 Å². The molecule has 4 rings (SSSR count). The van der Waals surface area contributed by atoms with E-state index in [1.54, 1.807) is 0 Å². The predicted octanol–water partition coefficient (Wildman–Crippen LogP) is 2.93. The smallest absolute Gasteiger partial charge is 0.126 e. The topological polar surface area (TPSA) is 37.4 Å². The molecule has 1 aromatic heterocycles. The Morgan fingerprint density at radius 3 is 2.87 bits per heavy atom. The summed E-state index contributed by atoms with van der Waals surface area (Å²) in [6.07, 6.45) is 4.01. The number of aromatic nitrogens is 1. The molecule has 4 nitrogen and oxygen atoms in total. The molecular formula is C19H23N3O. The number of nitrogens with one attached hydrogen (secondary N) is 1. The molecule has 2 atom stereocenters. The first-order valence-electron chi connectivity index (χ1n) is 8.39. The van der Waals surface area contributed by atoms with Gasteiger partial charge < -0.3 is 10.1 Å². The Bertz CT molecular complexity index is 574. The Balaban J connectivity index is 1.34. The Labute approximate surface area is 137 Å². The molecule has 0 amide bonds. The molecule has 2 fully saturated rings. The molecule has 120 valence electrons. The van der Waals surface area contributed by atoms with Gasteiger partial charge in [0.05, 0.1) is 18.2 Å². The second-order valence-corrected chi connectivity index (χ2v) is 6.70. The van der Waals surface area contributed by atoms with Crippen molar-refractivity contribution in [2.45, 2.75) is 31.0 Å². The fraction of sp³-hybridized carbons (Fsp3) is 0.421. The highest BCUT2D eigenvalue weighted by Crippen LogP contribution is 2.36. The minimum atomic E-state index is 0.0290. The van der Waals surface area contributed by atoms with Crippen molar-refractivity contribution in [2.75, 3.05) is 25.0 Å². The fourth-order valence-electron chi connectivity index (χ4n) is 3.78. The van der Waals surface area contributed by atoms with Gasteiger partial charge in [-0.1, -0.05) is 36.4 Å². The van der Waals surface area contributed by atoms with Crippen LogP contribution >= 0.6 is 0 Å². The zero-order valence-electron chi connectivity index (χ0n) is 13.3. The Kier molecular flexibility index (Phi) is 4.02. The van der Waals surface area contributed by atoms with Crippen LogP contribution in [0.4, 0.5) is 5.82 Å². The van der Waals surface area contributed by atoms with Gasteiger partial charge in [0.25, 0.3) is 0 Å². The van der Waals surface area contributed by atoms with Crippen molar-refractivity contribution >= 4 is 5.82 Å². The molecule has 0 radical (unpaired) electrons. The van der Waals surface area contributed by atoms with Crippen LogP contribution in [0, 0.1) is 0 Å². The number of nitrogens with zero attached hydrogens (tertiary/aromatic N) is 2. The van der Waals surface area contributed by atoms with E-state index in [4.69, 9.17) is 4.74 Å². The lowest BCUT2D eigenvalue weighted by molar-refractivity contribution is 0.0120. The van der Waals surface area contributed by atoms with Crippen molar-refractivity contribution in [1.29, 1.82) is 0 Å². The molecule has 2 aromatic rings. The molecule has 0 bridgehead atoms. The second kappa shape index (κ2) is 6.30. The van der Waals surface area contributed by atoms with Crippen LogP contribution in [0.15, 0.2) is 54.7 Å². The van der Waals surface area contributed by atoms with E-state index in [0.717, 1.165) is 44.9 Å². The standard InChI is InChI=1S/C19H23N3O/c1-2-6-16(7-3-1)13-22-11-9-19(15-22)12-17(14-23-19)21-18-8-4-5-10-20-18/h1-8,10,17H,9,11-15H2,(H,20,21)/t17-,19-/m0/s1. The van der Waals surface area contributed by atoms with E-state index < -0.39 is 0 Å². The summed E-state index contributed by atoms with van der Waals surface area (Å²) in [6.45, 7) is 3.94. The number of pyridine rings is 1. The third kappa shape index (κ3) is 3.38. The van der Waals surface area contributed by atoms with Gasteiger partial charge in [0.2, 0.25) is 0 Å². The first-order valence-corrected chi connectivity index (χ1v) is 8.39. The van der Waals surface area contributed by atoms with Crippen LogP contribution in [-0.4, -0.2) is 41.2 Å². The molecule has 3 heterocycles. The zero-order chi connectivity index (χ0) is 15.5. The highest BCUT2D eigenvalue weighted by Gasteiger charge is 2.45. The number of rotatable bonds is 4. The van der Waals surface area contributed by atoms with Gasteiger partial charge >= 0.3 is 0 Å². The maximum atomic E-state index is 6.22. The first kappa shape index (κ1) is 14.7. The molecular weight excluding hydrogens is 286 g/mol. The maximum absolute atomic E-state index is 6.22. The molecule has 1 aromatic carbocycles. The molecule has 0 saturated carbocycles. The quantitative estimate of drug-likeness (QED) is 0.942. The predicted molar refractivity (Wildman–Crippen MR) is 91.3 cm³/mol. The Hall–Kier alpha value is -1.91. The van der Waals surface area contributed by atoms with Crippen LogP contribution in [0.5, 0.6) is 0 Å². The van der Waals surface area contributed by atoms with E-state index in [0.29, 0.717) is 6.04 Å². The zero-order valence-corrected chi connectivity index (χ0v) is 13.3. The van der Waals surface area contributed by atoms with E-state index in [-0.39, 0.29) is 5.60 Å². The minimum Gasteiger partial charge on any atom is -0.371 e. The van der Waals surface area contributed by atoms with Gasteiger partial charge in [0.1, 0.15) is 5.82 Å². The summed E-state index contributed by atoms with van der Waals surface area (Å²) < 4.78 is 6.22. The van der Waals surface area contributed by atoms with Crippen LogP contribution in [0.25, 0.3) is 0 Å². The molecule has 0 unspecified atom stereocenters. The van der Waals surface area contributed by atoms with Crippen molar-refractivity contribution in [3.05, 3.63) is 60.3 Å². The number of benzene rings is 1. The molecule has 4 heteroatoms. The summed E-state index contributed by atoms with van der Waals surface area (Å²) in [5, 5.41) is 3.50.